The molecule has 7 heteroatoms. The molecule has 1 saturated heterocycles. The Kier molecular flexibility index (Phi) is 6.11. The fourth-order valence-corrected chi connectivity index (χ4v) is 4.93. The zero-order valence-corrected chi connectivity index (χ0v) is 18.6. The lowest BCUT2D eigenvalue weighted by atomic mass is 10.0. The SMILES string of the molecule is Cc1ccc(C)c(NC(=O)CCN2C(=S)NC(c3ccccn3)C2c2cccs2)c1. The number of aryl methyl sites for hydroxylation is 2. The Morgan fingerprint density at radius 3 is 2.83 bits per heavy atom. The summed E-state index contributed by atoms with van der Waals surface area (Å²) in [4.78, 5) is 20.5. The van der Waals surface area contributed by atoms with E-state index in [4.69, 9.17) is 12.2 Å². The number of aromatic nitrogens is 1. The number of carbonyl (C=O) groups is 1. The van der Waals surface area contributed by atoms with Gasteiger partial charge in [-0.3, -0.25) is 9.78 Å². The lowest BCUT2D eigenvalue weighted by molar-refractivity contribution is -0.116. The van der Waals surface area contributed by atoms with Gasteiger partial charge in [0.2, 0.25) is 5.91 Å². The summed E-state index contributed by atoms with van der Waals surface area (Å²) in [5.74, 6) is -0.0160. The fraction of sp³-hybridized carbons (Fsp3) is 0.261. The van der Waals surface area contributed by atoms with Gasteiger partial charge in [-0.1, -0.05) is 24.3 Å². The third-order valence-electron chi connectivity index (χ3n) is 5.28. The van der Waals surface area contributed by atoms with Crippen LogP contribution in [0.2, 0.25) is 0 Å². The second-order valence-corrected chi connectivity index (χ2v) is 8.82. The number of hydrogen-bond acceptors (Lipinski definition) is 4. The highest BCUT2D eigenvalue weighted by molar-refractivity contribution is 7.80. The van der Waals surface area contributed by atoms with Crippen LogP contribution in [0, 0.1) is 13.8 Å². The number of pyridine rings is 1. The van der Waals surface area contributed by atoms with Gasteiger partial charge in [0.05, 0.1) is 17.8 Å². The number of thiocarbonyl (C=S) groups is 1. The summed E-state index contributed by atoms with van der Waals surface area (Å²) < 4.78 is 0. The Bertz CT molecular complexity index is 1040. The maximum Gasteiger partial charge on any atom is 0.226 e. The standard InChI is InChI=1S/C23H24N4OS2/c1-15-8-9-16(2)18(14-15)25-20(28)10-12-27-22(19-7-5-13-30-19)21(26-23(27)29)17-6-3-4-11-24-17/h3-9,11,13-14,21-22H,10,12H2,1-2H3,(H,25,28)(H,26,29). The molecule has 2 atom stereocenters. The Balaban J connectivity index is 1.50. The Hall–Kier alpha value is -2.77. The molecule has 0 spiro atoms. The molecule has 0 radical (unpaired) electrons. The van der Waals surface area contributed by atoms with Crippen LogP contribution in [-0.4, -0.2) is 27.4 Å². The minimum Gasteiger partial charge on any atom is -0.352 e. The summed E-state index contributed by atoms with van der Waals surface area (Å²) in [5, 5.41) is 9.18. The number of anilines is 1. The highest BCUT2D eigenvalue weighted by Gasteiger charge is 2.40. The van der Waals surface area contributed by atoms with E-state index in [1.165, 1.54) is 4.88 Å². The maximum absolute atomic E-state index is 12.7. The van der Waals surface area contributed by atoms with Gasteiger partial charge in [0.1, 0.15) is 0 Å². The number of hydrogen-bond donors (Lipinski definition) is 2. The van der Waals surface area contributed by atoms with Gasteiger partial charge in [-0.25, -0.2) is 0 Å². The van der Waals surface area contributed by atoms with E-state index in [0.717, 1.165) is 22.5 Å². The molecule has 1 amide bonds. The molecule has 4 rings (SSSR count). The number of thiophene rings is 1. The average Bonchev–Trinajstić information content (AvgIpc) is 3.37. The second kappa shape index (κ2) is 8.93. The predicted octanol–water partition coefficient (Wildman–Crippen LogP) is 4.76. The molecule has 30 heavy (non-hydrogen) atoms. The first kappa shape index (κ1) is 20.5. The summed E-state index contributed by atoms with van der Waals surface area (Å²) >= 11 is 7.34. The van der Waals surface area contributed by atoms with Gasteiger partial charge in [-0.2, -0.15) is 0 Å². The monoisotopic (exact) mass is 436 g/mol. The molecule has 5 nitrogen and oxygen atoms in total. The first-order valence-electron chi connectivity index (χ1n) is 9.91. The van der Waals surface area contributed by atoms with Crippen molar-refractivity contribution < 1.29 is 4.79 Å². The second-order valence-electron chi connectivity index (χ2n) is 7.45. The van der Waals surface area contributed by atoms with Crippen LogP contribution in [0.5, 0.6) is 0 Å². The van der Waals surface area contributed by atoms with E-state index in [-0.39, 0.29) is 18.0 Å². The molecule has 3 heterocycles. The number of nitrogens with one attached hydrogen (secondary N) is 2. The third kappa shape index (κ3) is 4.37. The zero-order chi connectivity index (χ0) is 21.1. The van der Waals surface area contributed by atoms with Gasteiger partial charge >= 0.3 is 0 Å². The van der Waals surface area contributed by atoms with Crippen molar-refractivity contribution in [3.05, 3.63) is 81.8 Å². The van der Waals surface area contributed by atoms with E-state index in [2.05, 4.69) is 32.0 Å². The van der Waals surface area contributed by atoms with Crippen molar-refractivity contribution in [2.75, 3.05) is 11.9 Å². The Morgan fingerprint density at radius 1 is 1.23 bits per heavy atom. The van der Waals surface area contributed by atoms with E-state index in [1.54, 1.807) is 17.5 Å². The topological polar surface area (TPSA) is 57.3 Å². The van der Waals surface area contributed by atoms with Crippen molar-refractivity contribution >= 4 is 40.3 Å². The van der Waals surface area contributed by atoms with Crippen LogP contribution >= 0.6 is 23.6 Å². The number of carbonyl (C=O) groups excluding carboxylic acids is 1. The smallest absolute Gasteiger partial charge is 0.226 e. The third-order valence-corrected chi connectivity index (χ3v) is 6.57. The Morgan fingerprint density at radius 2 is 2.10 bits per heavy atom. The molecule has 1 aliphatic rings. The molecular weight excluding hydrogens is 412 g/mol. The van der Waals surface area contributed by atoms with Crippen LogP contribution in [0.25, 0.3) is 0 Å². The first-order chi connectivity index (χ1) is 14.5. The van der Waals surface area contributed by atoms with Crippen molar-refractivity contribution in [2.45, 2.75) is 32.4 Å². The largest absolute Gasteiger partial charge is 0.352 e. The molecule has 0 aliphatic carbocycles. The van der Waals surface area contributed by atoms with E-state index < -0.39 is 0 Å². The zero-order valence-electron chi connectivity index (χ0n) is 17.0. The quantitative estimate of drug-likeness (QED) is 0.546. The number of amides is 1. The summed E-state index contributed by atoms with van der Waals surface area (Å²) in [6, 6.07) is 16.1. The molecule has 2 N–H and O–H groups in total. The normalized spacial score (nSPS) is 18.3. The van der Waals surface area contributed by atoms with Gasteiger partial charge in [0.25, 0.3) is 0 Å². The molecule has 1 aliphatic heterocycles. The summed E-state index contributed by atoms with van der Waals surface area (Å²) in [6.07, 6.45) is 2.15. The number of benzene rings is 1. The first-order valence-corrected chi connectivity index (χ1v) is 11.2. The molecule has 3 aromatic rings. The van der Waals surface area contributed by atoms with E-state index >= 15 is 0 Å². The molecule has 0 bridgehead atoms. The van der Waals surface area contributed by atoms with Crippen molar-refractivity contribution in [1.82, 2.24) is 15.2 Å². The number of rotatable bonds is 6. The van der Waals surface area contributed by atoms with Crippen LogP contribution in [0.1, 0.15) is 40.2 Å². The average molecular weight is 437 g/mol. The molecule has 1 fully saturated rings. The van der Waals surface area contributed by atoms with Crippen molar-refractivity contribution in [1.29, 1.82) is 0 Å². The van der Waals surface area contributed by atoms with Crippen molar-refractivity contribution in [2.24, 2.45) is 0 Å². The molecular formula is C23H24N4OS2. The van der Waals surface area contributed by atoms with Gasteiger partial charge in [-0.05, 0) is 66.8 Å². The van der Waals surface area contributed by atoms with E-state index in [9.17, 15) is 4.79 Å². The highest BCUT2D eigenvalue weighted by atomic mass is 32.1. The number of nitrogens with zero attached hydrogens (tertiary/aromatic N) is 2. The van der Waals surface area contributed by atoms with Crippen molar-refractivity contribution in [3.63, 3.8) is 0 Å². The molecule has 2 unspecified atom stereocenters. The minimum atomic E-state index is -0.0422. The van der Waals surface area contributed by atoms with Gasteiger partial charge in [-0.15, -0.1) is 11.3 Å². The van der Waals surface area contributed by atoms with Crippen LogP contribution in [0.4, 0.5) is 5.69 Å². The fourth-order valence-electron chi connectivity index (χ4n) is 3.72. The molecule has 1 aromatic carbocycles. The predicted molar refractivity (Wildman–Crippen MR) is 126 cm³/mol. The van der Waals surface area contributed by atoms with Crippen LogP contribution < -0.4 is 10.6 Å². The molecule has 154 valence electrons. The van der Waals surface area contributed by atoms with E-state index in [0.29, 0.717) is 18.1 Å². The summed E-state index contributed by atoms with van der Waals surface area (Å²) in [7, 11) is 0. The van der Waals surface area contributed by atoms with Gasteiger partial charge < -0.3 is 15.5 Å². The van der Waals surface area contributed by atoms with Gasteiger partial charge in [0.15, 0.2) is 5.11 Å². The van der Waals surface area contributed by atoms with Crippen LogP contribution in [-0.2, 0) is 4.79 Å². The summed E-state index contributed by atoms with van der Waals surface area (Å²) in [6.45, 7) is 4.56. The minimum absolute atomic E-state index is 0.0147. The molecule has 2 aromatic heterocycles. The van der Waals surface area contributed by atoms with Crippen LogP contribution in [0.3, 0.4) is 0 Å². The molecule has 0 saturated carbocycles. The highest BCUT2D eigenvalue weighted by Crippen LogP contribution is 2.40. The van der Waals surface area contributed by atoms with E-state index in [1.807, 2.05) is 56.3 Å². The lowest BCUT2D eigenvalue weighted by Gasteiger charge is -2.26. The summed E-state index contributed by atoms with van der Waals surface area (Å²) in [5.41, 5.74) is 3.99. The van der Waals surface area contributed by atoms with Crippen molar-refractivity contribution in [3.8, 4) is 0 Å². The maximum atomic E-state index is 12.7. The van der Waals surface area contributed by atoms with Crippen LogP contribution in [0.15, 0.2) is 60.1 Å². The lowest BCUT2D eigenvalue weighted by Crippen LogP contribution is -2.32. The Labute approximate surface area is 186 Å². The van der Waals surface area contributed by atoms with Gasteiger partial charge in [0, 0.05) is 29.7 Å².